The maximum absolute atomic E-state index is 13.0. The number of nitrogens with one attached hydrogen (secondary N) is 6. The fourth-order valence-corrected chi connectivity index (χ4v) is 22.0. The summed E-state index contributed by atoms with van der Waals surface area (Å²) in [4.78, 5) is 82.2. The number of aromatic hydroxyl groups is 2. The minimum atomic E-state index is -0.998. The molecule has 4 saturated carbocycles. The molecular weight excluding hydrogens is 1230 g/mol. The van der Waals surface area contributed by atoms with Gasteiger partial charge in [0.15, 0.2) is 0 Å². The highest BCUT2D eigenvalue weighted by Gasteiger charge is 2.73. The van der Waals surface area contributed by atoms with E-state index >= 15 is 0 Å². The first-order valence-corrected chi connectivity index (χ1v) is 36.1. The number of imide groups is 3. The Labute approximate surface area is 567 Å². The number of ether oxygens (including phenoxy) is 1. The van der Waals surface area contributed by atoms with Gasteiger partial charge in [-0.25, -0.2) is 14.4 Å². The van der Waals surface area contributed by atoms with Crippen LogP contribution in [0.5, 0.6) is 17.2 Å². The molecule has 21 heteroatoms. The van der Waals surface area contributed by atoms with Crippen LogP contribution in [0, 0.1) is 11.8 Å². The normalized spacial score (nSPS) is 36.8. The maximum atomic E-state index is 13.0. The lowest BCUT2D eigenvalue weighted by Crippen LogP contribution is -2.76. The molecule has 10 fully saturated rings. The summed E-state index contributed by atoms with van der Waals surface area (Å²) in [5, 5.41) is 73.8. The number of benzene rings is 4. The minimum absolute atomic E-state index is 0.00673. The van der Waals surface area contributed by atoms with Gasteiger partial charge in [0.05, 0.1) is 23.9 Å². The van der Waals surface area contributed by atoms with Crippen molar-refractivity contribution in [2.75, 3.05) is 46.4 Å². The second-order valence-corrected chi connectivity index (χ2v) is 32.0. The molecule has 0 radical (unpaired) electrons. The Kier molecular flexibility index (Phi) is 16.3. The van der Waals surface area contributed by atoms with Crippen molar-refractivity contribution in [2.24, 2.45) is 11.8 Å². The van der Waals surface area contributed by atoms with Gasteiger partial charge in [0.25, 0.3) is 17.7 Å². The number of aryl methyl sites for hydroxylation is 1. The van der Waals surface area contributed by atoms with E-state index in [4.69, 9.17) is 4.74 Å². The zero-order valence-corrected chi connectivity index (χ0v) is 56.4. The first kappa shape index (κ1) is 65.8. The highest BCUT2D eigenvalue weighted by Crippen LogP contribution is 2.64. The number of piperidine rings is 3. The van der Waals surface area contributed by atoms with Gasteiger partial charge in [-0.05, 0) is 248 Å². The monoisotopic (exact) mass is 1330 g/mol. The molecular formula is C76H97N9O12. The first-order chi connectivity index (χ1) is 46.4. The molecule has 21 nitrogen and oxygen atoms in total. The van der Waals surface area contributed by atoms with Crippen LogP contribution in [0.2, 0.25) is 0 Å². The van der Waals surface area contributed by atoms with E-state index in [-0.39, 0.29) is 47.3 Å². The van der Waals surface area contributed by atoms with Gasteiger partial charge in [0.1, 0.15) is 33.9 Å². The second-order valence-electron chi connectivity index (χ2n) is 32.0. The topological polar surface area (TPSA) is 295 Å². The van der Waals surface area contributed by atoms with Crippen LogP contribution in [0.4, 0.5) is 14.4 Å². The molecule has 6 heterocycles. The number of urea groups is 3. The summed E-state index contributed by atoms with van der Waals surface area (Å²) in [5.41, 5.74) is -0.0877. The molecule has 97 heavy (non-hydrogen) atoms. The lowest BCUT2D eigenvalue weighted by atomic mass is 9.46. The van der Waals surface area contributed by atoms with Crippen molar-refractivity contribution in [3.05, 3.63) is 124 Å². The Morgan fingerprint density at radius 1 is 0.505 bits per heavy atom. The number of nitrogens with zero attached hydrogens (tertiary/aromatic N) is 3. The van der Waals surface area contributed by atoms with E-state index in [1.54, 1.807) is 31.4 Å². The molecule has 6 saturated heterocycles. The summed E-state index contributed by atoms with van der Waals surface area (Å²) in [5.74, 6) is 1.54. The van der Waals surface area contributed by atoms with E-state index in [0.717, 1.165) is 118 Å². The number of aliphatic hydroxyl groups is 3. The Balaban J connectivity index is 0.000000119. The van der Waals surface area contributed by atoms with Gasteiger partial charge >= 0.3 is 18.1 Å². The van der Waals surface area contributed by atoms with Gasteiger partial charge in [0, 0.05) is 40.9 Å². The van der Waals surface area contributed by atoms with Crippen molar-refractivity contribution in [1.29, 1.82) is 0 Å². The van der Waals surface area contributed by atoms with Crippen molar-refractivity contribution in [3.8, 4) is 17.2 Å². The zero-order valence-electron chi connectivity index (χ0n) is 56.4. The summed E-state index contributed by atoms with van der Waals surface area (Å²) in [7, 11) is 1.65. The van der Waals surface area contributed by atoms with Crippen molar-refractivity contribution in [3.63, 3.8) is 0 Å². The molecule has 3 spiro atoms. The number of rotatable bonds is 10. The summed E-state index contributed by atoms with van der Waals surface area (Å²) >= 11 is 0. The lowest BCUT2D eigenvalue weighted by Gasteiger charge is -2.66. The number of likely N-dealkylation sites (tertiary alicyclic amines) is 3. The number of fused-ring (bicyclic) bond motifs is 3. The molecule has 6 aliphatic heterocycles. The van der Waals surface area contributed by atoms with E-state index in [9.17, 15) is 54.3 Å². The molecule has 12 atom stereocenters. The second kappa shape index (κ2) is 24.1. The van der Waals surface area contributed by atoms with Crippen LogP contribution in [0.1, 0.15) is 175 Å². The molecule has 9 amide bonds. The third kappa shape index (κ3) is 10.4. The Bertz CT molecular complexity index is 3830. The van der Waals surface area contributed by atoms with Crippen molar-refractivity contribution in [1.82, 2.24) is 46.6 Å². The van der Waals surface area contributed by atoms with Gasteiger partial charge in [0.2, 0.25) is 0 Å². The van der Waals surface area contributed by atoms with E-state index in [2.05, 4.69) is 96.8 Å². The Morgan fingerprint density at radius 3 is 1.36 bits per heavy atom. The summed E-state index contributed by atoms with van der Waals surface area (Å²) in [6.45, 7) is 9.87. The van der Waals surface area contributed by atoms with Crippen LogP contribution in [-0.4, -0.2) is 174 Å². The number of carbonyl (C=O) groups excluding carboxylic acids is 6. The van der Waals surface area contributed by atoms with Crippen molar-refractivity contribution < 1.29 is 59.0 Å². The van der Waals surface area contributed by atoms with Crippen LogP contribution < -0.4 is 36.6 Å². The number of hydrogen-bond acceptors (Lipinski definition) is 15. The van der Waals surface area contributed by atoms with Crippen LogP contribution in [0.15, 0.2) is 84.9 Å². The first-order valence-electron chi connectivity index (χ1n) is 36.1. The summed E-state index contributed by atoms with van der Waals surface area (Å²) in [6, 6.07) is 26.2. The molecule has 11 N–H and O–H groups in total. The molecule has 6 bridgehead atoms. The highest BCUT2D eigenvalue weighted by atomic mass is 16.5. The smallest absolute Gasteiger partial charge is 0.322 e. The molecule has 0 unspecified atom stereocenters. The van der Waals surface area contributed by atoms with Gasteiger partial charge in [-0.2, -0.15) is 0 Å². The highest BCUT2D eigenvalue weighted by molar-refractivity contribution is 6.08. The van der Waals surface area contributed by atoms with Crippen LogP contribution in [0.3, 0.4) is 0 Å². The number of phenolic OH excluding ortho intramolecular Hbond substituents is 2. The Morgan fingerprint density at radius 2 is 0.928 bits per heavy atom. The van der Waals surface area contributed by atoms with Crippen molar-refractivity contribution in [2.45, 2.75) is 229 Å². The number of amides is 9. The van der Waals surface area contributed by atoms with Crippen LogP contribution in [-0.2, 0) is 56.3 Å². The van der Waals surface area contributed by atoms with Gasteiger partial charge in [-0.1, -0.05) is 81.6 Å². The van der Waals surface area contributed by atoms with Gasteiger partial charge in [-0.15, -0.1) is 0 Å². The largest absolute Gasteiger partial charge is 0.508 e. The SMILES string of the molecule is CC(C)CCN1CC[C@]23C[C@]4(CC[C@@]2(O)[C@H]1Cc1ccc(O)cc13)NC(=O)NC4=O.COc1ccc2c(c1)[C@]13CCN(CCCc4ccccc4)[C@H](C2)[C@]1(O)CC[C@@]1(C3)NC(=O)NC1=O.O=C1NC(=O)[C@@]2(CC[C@@]3(O)[C@H]4Cc5ccc(O)cc5[C@@]3(CCN4CC3CCCCC3)C2)N1. The Hall–Kier alpha value is -7.14. The standard InChI is InChI=1S/C28H33N3O4.C25H33N3O4.C23H31N3O4/c1-35-21-10-9-20-16-23-28(34)12-11-27(24(32)29-25(33)30-27)18-26(28,22(20)17-21)13-15-31(23)14-5-8-19-6-3-2-4-7-19;29-18-7-6-17-12-20-25(32)9-8-24(21(30)26-22(31)27-24)15-23(25,19(17)13-18)10-11-28(20)14-16-4-2-1-3-5-16;1-14(2)5-9-26-10-8-21-13-22(19(28)24-20(29)25-22)6-7-23(21,30)18(26)11-15-3-4-16(27)12-17(15)21/h2-4,6-7,9-10,17,23,34H,5,8,11-16,18H2,1H3,(H2,29,30,32,33);6-7,13,16,20,29,32H,1-5,8-12,14-15H2,(H2,26,27,30,31);3-4,12,14,18,27,30H,5-11,13H2,1-2H3,(H2,24,25,28,29)/t23-,26-,27+,28-;20-,23-,24+,25-;18-,21-,22+,23-/m111/s1. The molecule has 13 aliphatic rings. The number of hydrogen-bond donors (Lipinski definition) is 11. The molecule has 17 rings (SSSR count). The van der Waals surface area contributed by atoms with Crippen LogP contribution in [0.25, 0.3) is 0 Å². The van der Waals surface area contributed by atoms with E-state index in [0.29, 0.717) is 82.5 Å². The van der Waals surface area contributed by atoms with E-state index in [1.165, 1.54) is 43.2 Å². The molecule has 7 aliphatic carbocycles. The average molecular weight is 1330 g/mol. The van der Waals surface area contributed by atoms with E-state index < -0.39 is 67.8 Å². The molecule has 4 aromatic rings. The molecule has 0 aromatic heterocycles. The zero-order chi connectivity index (χ0) is 67.7. The number of phenols is 2. The fourth-order valence-electron chi connectivity index (χ4n) is 22.0. The lowest BCUT2D eigenvalue weighted by molar-refractivity contribution is -0.182. The predicted molar refractivity (Wildman–Crippen MR) is 361 cm³/mol. The van der Waals surface area contributed by atoms with E-state index in [1.807, 2.05) is 24.3 Å². The third-order valence-corrected chi connectivity index (χ3v) is 26.8. The predicted octanol–water partition coefficient (Wildman–Crippen LogP) is 6.82. The third-order valence-electron chi connectivity index (χ3n) is 26.8. The molecule has 4 aromatic carbocycles. The maximum Gasteiger partial charge on any atom is 0.322 e. The van der Waals surface area contributed by atoms with Crippen LogP contribution >= 0.6 is 0 Å². The summed E-state index contributed by atoms with van der Waals surface area (Å²) < 4.78 is 5.56. The minimum Gasteiger partial charge on any atom is -0.508 e. The summed E-state index contributed by atoms with van der Waals surface area (Å²) in [6.07, 6.45) is 17.8. The quantitative estimate of drug-likeness (QED) is 0.0726. The van der Waals surface area contributed by atoms with Gasteiger partial charge < -0.3 is 46.2 Å². The van der Waals surface area contributed by atoms with Gasteiger partial charge in [-0.3, -0.25) is 45.0 Å². The fraction of sp³-hybridized carbons (Fsp3) is 0.605. The number of methoxy groups -OCH3 is 1. The number of carbonyl (C=O) groups is 6. The average Bonchev–Trinajstić information content (AvgIpc) is 1.52. The van der Waals surface area contributed by atoms with Crippen molar-refractivity contribution >= 4 is 35.8 Å². The molecule has 518 valence electrons.